The molecule has 3 N–H and O–H groups in total. The van der Waals surface area contributed by atoms with Crippen molar-refractivity contribution in [1.82, 2.24) is 0 Å². The van der Waals surface area contributed by atoms with Gasteiger partial charge in [-0.05, 0) is 42.5 Å². The highest BCUT2D eigenvalue weighted by atomic mass is 32.2. The second-order valence-corrected chi connectivity index (χ2v) is 7.19. The van der Waals surface area contributed by atoms with Gasteiger partial charge in [-0.2, -0.15) is 0 Å². The third-order valence-corrected chi connectivity index (χ3v) is 5.26. The van der Waals surface area contributed by atoms with Gasteiger partial charge in [-0.3, -0.25) is 14.9 Å². The second-order valence-electron chi connectivity index (χ2n) is 6.11. The minimum atomic E-state index is -0.546. The van der Waals surface area contributed by atoms with Crippen LogP contribution in [0.25, 0.3) is 0 Å². The first-order chi connectivity index (χ1) is 14.4. The van der Waals surface area contributed by atoms with E-state index in [-0.39, 0.29) is 16.8 Å². The largest absolute Gasteiger partial charge is 0.465 e. The Morgan fingerprint density at radius 1 is 1.00 bits per heavy atom. The number of hydrogen-bond donors (Lipinski definition) is 2. The molecule has 0 spiro atoms. The molecular formula is C21H17N3O5S. The van der Waals surface area contributed by atoms with Crippen molar-refractivity contribution in [1.29, 1.82) is 0 Å². The second kappa shape index (κ2) is 9.10. The van der Waals surface area contributed by atoms with E-state index in [0.717, 1.165) is 11.8 Å². The summed E-state index contributed by atoms with van der Waals surface area (Å²) in [6.07, 6.45) is 0. The zero-order chi connectivity index (χ0) is 21.7. The topological polar surface area (TPSA) is 125 Å². The van der Waals surface area contributed by atoms with Crippen LogP contribution in [0.3, 0.4) is 0 Å². The minimum Gasteiger partial charge on any atom is -0.465 e. The van der Waals surface area contributed by atoms with Crippen LogP contribution in [-0.2, 0) is 4.74 Å². The molecule has 0 fully saturated rings. The van der Waals surface area contributed by atoms with Crippen LogP contribution in [0, 0.1) is 10.1 Å². The molecule has 0 saturated carbocycles. The average molecular weight is 423 g/mol. The van der Waals surface area contributed by atoms with E-state index in [4.69, 9.17) is 5.73 Å². The van der Waals surface area contributed by atoms with Crippen LogP contribution in [0.2, 0.25) is 0 Å². The molecule has 30 heavy (non-hydrogen) atoms. The van der Waals surface area contributed by atoms with Crippen molar-refractivity contribution in [2.45, 2.75) is 9.79 Å². The molecule has 9 heteroatoms. The number of nitrogen functional groups attached to an aromatic ring is 1. The number of carbonyl (C=O) groups is 2. The molecule has 0 aliphatic carbocycles. The van der Waals surface area contributed by atoms with Crippen LogP contribution in [0.4, 0.5) is 17.1 Å². The van der Waals surface area contributed by atoms with Crippen molar-refractivity contribution >= 4 is 40.7 Å². The van der Waals surface area contributed by atoms with Gasteiger partial charge < -0.3 is 15.8 Å². The molecule has 8 nitrogen and oxygen atoms in total. The van der Waals surface area contributed by atoms with Gasteiger partial charge >= 0.3 is 5.97 Å². The fourth-order valence-electron chi connectivity index (χ4n) is 2.62. The summed E-state index contributed by atoms with van der Waals surface area (Å²) in [4.78, 5) is 36.3. The number of hydrogen-bond acceptors (Lipinski definition) is 7. The summed E-state index contributed by atoms with van der Waals surface area (Å²) >= 11 is 1.15. The van der Waals surface area contributed by atoms with Crippen LogP contribution in [0.5, 0.6) is 0 Å². The van der Waals surface area contributed by atoms with E-state index in [2.05, 4.69) is 10.1 Å². The van der Waals surface area contributed by atoms with E-state index in [1.807, 2.05) is 0 Å². The molecular weight excluding hydrogens is 406 g/mol. The van der Waals surface area contributed by atoms with Gasteiger partial charge in [0.2, 0.25) is 0 Å². The van der Waals surface area contributed by atoms with E-state index in [1.54, 1.807) is 42.5 Å². The number of nitro groups is 1. The summed E-state index contributed by atoms with van der Waals surface area (Å²) in [5, 5.41) is 14.2. The van der Waals surface area contributed by atoms with Crippen LogP contribution >= 0.6 is 11.8 Å². The third kappa shape index (κ3) is 4.76. The molecule has 0 aliphatic heterocycles. The number of anilines is 2. The Morgan fingerprint density at radius 3 is 2.47 bits per heavy atom. The van der Waals surface area contributed by atoms with Gasteiger partial charge in [0.25, 0.3) is 11.6 Å². The number of ether oxygens (including phenoxy) is 1. The van der Waals surface area contributed by atoms with Gasteiger partial charge in [0, 0.05) is 27.9 Å². The number of nitro benzene ring substituents is 1. The Morgan fingerprint density at radius 2 is 1.77 bits per heavy atom. The number of nitrogens with two attached hydrogens (primary N) is 1. The summed E-state index contributed by atoms with van der Waals surface area (Å²) in [6.45, 7) is 0. The Balaban J connectivity index is 1.85. The van der Waals surface area contributed by atoms with Crippen molar-refractivity contribution in [2.75, 3.05) is 18.2 Å². The Labute approximate surface area is 176 Å². The molecule has 0 atom stereocenters. The monoisotopic (exact) mass is 423 g/mol. The molecule has 0 bridgehead atoms. The molecule has 0 heterocycles. The molecule has 152 valence electrons. The molecule has 3 aromatic carbocycles. The first-order valence-corrected chi connectivity index (χ1v) is 9.51. The van der Waals surface area contributed by atoms with Crippen LogP contribution in [0.1, 0.15) is 20.7 Å². The fourth-order valence-corrected chi connectivity index (χ4v) is 3.57. The van der Waals surface area contributed by atoms with Crippen molar-refractivity contribution in [3.05, 3.63) is 88.0 Å². The minimum absolute atomic E-state index is 0.107. The lowest BCUT2D eigenvalue weighted by atomic mass is 10.1. The highest BCUT2D eigenvalue weighted by molar-refractivity contribution is 7.99. The maximum Gasteiger partial charge on any atom is 0.337 e. The Kier molecular flexibility index (Phi) is 6.33. The maximum atomic E-state index is 12.6. The quantitative estimate of drug-likeness (QED) is 0.261. The van der Waals surface area contributed by atoms with E-state index < -0.39 is 16.8 Å². The molecule has 0 unspecified atom stereocenters. The molecule has 0 saturated heterocycles. The van der Waals surface area contributed by atoms with E-state index in [9.17, 15) is 19.7 Å². The standard InChI is InChI=1S/C21H17N3O5S/c1-29-21(26)14-5-4-6-15(11-14)23-20(25)13-9-10-19(17(12-13)24(27)28)30-18-8-3-2-7-16(18)22/h2-12H,22H2,1H3,(H,23,25). The number of amides is 1. The lowest BCUT2D eigenvalue weighted by molar-refractivity contribution is -0.387. The van der Waals surface area contributed by atoms with Gasteiger partial charge in [0.05, 0.1) is 22.5 Å². The molecule has 0 radical (unpaired) electrons. The third-order valence-electron chi connectivity index (χ3n) is 4.10. The number of para-hydroxylation sites is 1. The Bertz CT molecular complexity index is 1130. The molecule has 3 rings (SSSR count). The van der Waals surface area contributed by atoms with E-state index in [0.29, 0.717) is 21.2 Å². The number of esters is 1. The number of methoxy groups -OCH3 is 1. The summed E-state index contributed by atoms with van der Waals surface area (Å²) in [6, 6.07) is 17.4. The van der Waals surface area contributed by atoms with Crippen LogP contribution in [0.15, 0.2) is 76.5 Å². The maximum absolute atomic E-state index is 12.6. The summed E-state index contributed by atoms with van der Waals surface area (Å²) in [5.74, 6) is -1.08. The fraction of sp³-hybridized carbons (Fsp3) is 0.0476. The highest BCUT2D eigenvalue weighted by Gasteiger charge is 2.19. The van der Waals surface area contributed by atoms with Crippen molar-refractivity contribution < 1.29 is 19.2 Å². The summed E-state index contributed by atoms with van der Waals surface area (Å²) in [7, 11) is 1.26. The van der Waals surface area contributed by atoms with Crippen LogP contribution < -0.4 is 11.1 Å². The molecule has 0 aliphatic rings. The van der Waals surface area contributed by atoms with Gasteiger partial charge in [-0.1, -0.05) is 30.0 Å². The van der Waals surface area contributed by atoms with Gasteiger partial charge in [0.15, 0.2) is 0 Å². The average Bonchev–Trinajstić information content (AvgIpc) is 2.75. The predicted molar refractivity (Wildman–Crippen MR) is 114 cm³/mol. The van der Waals surface area contributed by atoms with Gasteiger partial charge in [-0.25, -0.2) is 4.79 Å². The number of nitrogens with one attached hydrogen (secondary N) is 1. The summed E-state index contributed by atoms with van der Waals surface area (Å²) in [5.41, 5.74) is 6.95. The molecule has 0 aromatic heterocycles. The zero-order valence-corrected chi connectivity index (χ0v) is 16.6. The van der Waals surface area contributed by atoms with Gasteiger partial charge in [0.1, 0.15) is 0 Å². The number of carbonyl (C=O) groups excluding carboxylic acids is 2. The molecule has 3 aromatic rings. The highest BCUT2D eigenvalue weighted by Crippen LogP contribution is 2.37. The number of rotatable bonds is 6. The normalized spacial score (nSPS) is 10.3. The lowest BCUT2D eigenvalue weighted by Gasteiger charge is -2.09. The Hall–Kier alpha value is -3.85. The predicted octanol–water partition coefficient (Wildman–Crippen LogP) is 4.37. The lowest BCUT2D eigenvalue weighted by Crippen LogP contribution is -2.13. The molecule has 1 amide bonds. The smallest absolute Gasteiger partial charge is 0.337 e. The SMILES string of the molecule is COC(=O)c1cccc(NC(=O)c2ccc(Sc3ccccc3N)c([N+](=O)[O-])c2)c1. The van der Waals surface area contributed by atoms with Crippen molar-refractivity contribution in [3.63, 3.8) is 0 Å². The number of nitrogens with zero attached hydrogens (tertiary/aromatic N) is 1. The van der Waals surface area contributed by atoms with Crippen LogP contribution in [-0.4, -0.2) is 23.9 Å². The number of benzene rings is 3. The zero-order valence-electron chi connectivity index (χ0n) is 15.8. The summed E-state index contributed by atoms with van der Waals surface area (Å²) < 4.78 is 4.66. The van der Waals surface area contributed by atoms with E-state index in [1.165, 1.54) is 31.4 Å². The van der Waals surface area contributed by atoms with Gasteiger partial charge in [-0.15, -0.1) is 0 Å². The van der Waals surface area contributed by atoms with Crippen molar-refractivity contribution in [2.24, 2.45) is 0 Å². The first kappa shape index (κ1) is 20.9. The van der Waals surface area contributed by atoms with E-state index >= 15 is 0 Å². The first-order valence-electron chi connectivity index (χ1n) is 8.69. The van der Waals surface area contributed by atoms with Crippen molar-refractivity contribution in [3.8, 4) is 0 Å².